The van der Waals surface area contributed by atoms with Crippen LogP contribution in [0.5, 0.6) is 0 Å². The highest BCUT2D eigenvalue weighted by Gasteiger charge is 2.18. The van der Waals surface area contributed by atoms with Gasteiger partial charge in [-0.15, -0.1) is 11.3 Å². The predicted octanol–water partition coefficient (Wildman–Crippen LogP) is 3.94. The molecule has 0 aliphatic rings. The molecular weight excluding hydrogens is 292 g/mol. The molecule has 3 rings (SSSR count). The third-order valence-corrected chi connectivity index (χ3v) is 5.69. The Bertz CT molecular complexity index is 911. The van der Waals surface area contributed by atoms with Gasteiger partial charge in [0.2, 0.25) is 0 Å². The Hall–Kier alpha value is -1.81. The zero-order chi connectivity index (χ0) is 16.0. The predicted molar refractivity (Wildman–Crippen MR) is 94.2 cm³/mol. The van der Waals surface area contributed by atoms with E-state index in [2.05, 4.69) is 45.9 Å². The second-order valence-corrected chi connectivity index (χ2v) is 7.19. The SMILES string of the molecule is CCc1c(C)sc2c1n(C)c(=O)n2Cc1ccc(C)c(C)c1. The molecule has 0 fully saturated rings. The first kappa shape index (κ1) is 15.1. The van der Waals surface area contributed by atoms with Gasteiger partial charge in [0.15, 0.2) is 0 Å². The molecule has 0 bridgehead atoms. The monoisotopic (exact) mass is 314 g/mol. The van der Waals surface area contributed by atoms with Crippen LogP contribution in [0.3, 0.4) is 0 Å². The van der Waals surface area contributed by atoms with Gasteiger partial charge in [0, 0.05) is 11.9 Å². The van der Waals surface area contributed by atoms with Crippen LogP contribution in [0.2, 0.25) is 0 Å². The van der Waals surface area contributed by atoms with Crippen molar-refractivity contribution in [2.24, 2.45) is 7.05 Å². The average molecular weight is 314 g/mol. The van der Waals surface area contributed by atoms with Crippen molar-refractivity contribution < 1.29 is 0 Å². The molecule has 1 aromatic carbocycles. The van der Waals surface area contributed by atoms with Crippen molar-refractivity contribution in [3.05, 3.63) is 55.8 Å². The fraction of sp³-hybridized carbons (Fsp3) is 0.389. The molecule has 0 saturated carbocycles. The highest BCUT2D eigenvalue weighted by molar-refractivity contribution is 7.18. The molecule has 3 aromatic rings. The summed E-state index contributed by atoms with van der Waals surface area (Å²) in [5.74, 6) is 0. The van der Waals surface area contributed by atoms with Gasteiger partial charge in [0.05, 0.1) is 12.1 Å². The van der Waals surface area contributed by atoms with Crippen LogP contribution in [-0.2, 0) is 20.0 Å². The van der Waals surface area contributed by atoms with E-state index in [9.17, 15) is 4.79 Å². The summed E-state index contributed by atoms with van der Waals surface area (Å²) in [6.07, 6.45) is 0.965. The highest BCUT2D eigenvalue weighted by Crippen LogP contribution is 2.30. The van der Waals surface area contributed by atoms with Crippen molar-refractivity contribution in [3.63, 3.8) is 0 Å². The standard InChI is InChI=1S/C18H22N2OS/c1-6-15-13(4)22-17-16(15)19(5)18(21)20(17)10-14-8-7-11(2)12(3)9-14/h7-9H,6,10H2,1-5H3. The smallest absolute Gasteiger partial charge is 0.294 e. The third kappa shape index (κ3) is 2.22. The Morgan fingerprint density at radius 3 is 2.50 bits per heavy atom. The molecule has 0 aliphatic carbocycles. The van der Waals surface area contributed by atoms with Gasteiger partial charge in [-0.1, -0.05) is 25.1 Å². The number of aryl methyl sites for hydroxylation is 5. The largest absolute Gasteiger partial charge is 0.329 e. The number of hydrogen-bond donors (Lipinski definition) is 0. The van der Waals surface area contributed by atoms with Gasteiger partial charge in [-0.25, -0.2) is 4.79 Å². The maximum absolute atomic E-state index is 12.6. The van der Waals surface area contributed by atoms with E-state index in [0.717, 1.165) is 16.8 Å². The molecule has 0 atom stereocenters. The first-order valence-corrected chi connectivity index (χ1v) is 8.49. The van der Waals surface area contributed by atoms with Crippen molar-refractivity contribution in [1.82, 2.24) is 9.13 Å². The second-order valence-electron chi connectivity index (χ2n) is 5.99. The lowest BCUT2D eigenvalue weighted by atomic mass is 10.1. The summed E-state index contributed by atoms with van der Waals surface area (Å²) in [5.41, 5.74) is 6.23. The summed E-state index contributed by atoms with van der Waals surface area (Å²) in [7, 11) is 1.88. The lowest BCUT2D eigenvalue weighted by Crippen LogP contribution is -2.23. The van der Waals surface area contributed by atoms with Crippen LogP contribution in [0.15, 0.2) is 23.0 Å². The van der Waals surface area contributed by atoms with E-state index in [1.54, 1.807) is 15.9 Å². The van der Waals surface area contributed by atoms with Crippen molar-refractivity contribution in [3.8, 4) is 0 Å². The number of thiophene rings is 1. The number of aromatic nitrogens is 2. The Kier molecular flexibility index (Phi) is 3.73. The minimum Gasteiger partial charge on any atom is -0.294 e. The van der Waals surface area contributed by atoms with Gasteiger partial charge in [0.25, 0.3) is 0 Å². The molecular formula is C18H22N2OS. The van der Waals surface area contributed by atoms with Crippen LogP contribution >= 0.6 is 11.3 Å². The van der Waals surface area contributed by atoms with E-state index < -0.39 is 0 Å². The van der Waals surface area contributed by atoms with E-state index >= 15 is 0 Å². The Balaban J connectivity index is 2.16. The molecule has 2 aromatic heterocycles. The molecule has 0 N–H and O–H groups in total. The minimum absolute atomic E-state index is 0.0779. The van der Waals surface area contributed by atoms with Crippen LogP contribution in [0.25, 0.3) is 10.3 Å². The summed E-state index contributed by atoms with van der Waals surface area (Å²) < 4.78 is 3.72. The lowest BCUT2D eigenvalue weighted by molar-refractivity contribution is 0.736. The van der Waals surface area contributed by atoms with Crippen LogP contribution in [-0.4, -0.2) is 9.13 Å². The van der Waals surface area contributed by atoms with E-state index in [-0.39, 0.29) is 5.69 Å². The number of rotatable bonds is 3. The van der Waals surface area contributed by atoms with Crippen molar-refractivity contribution in [2.45, 2.75) is 40.7 Å². The third-order valence-electron chi connectivity index (χ3n) is 4.53. The molecule has 0 saturated heterocycles. The summed E-state index contributed by atoms with van der Waals surface area (Å²) in [6, 6.07) is 6.43. The zero-order valence-corrected chi connectivity index (χ0v) is 14.7. The fourth-order valence-corrected chi connectivity index (χ4v) is 4.35. The van der Waals surface area contributed by atoms with Crippen molar-refractivity contribution >= 4 is 21.7 Å². The quantitative estimate of drug-likeness (QED) is 0.719. The van der Waals surface area contributed by atoms with Crippen molar-refractivity contribution in [1.29, 1.82) is 0 Å². The number of fused-ring (bicyclic) bond motifs is 1. The summed E-state index contributed by atoms with van der Waals surface area (Å²) in [6.45, 7) is 9.17. The second kappa shape index (κ2) is 5.43. The number of imidazole rings is 1. The van der Waals surface area contributed by atoms with Crippen LogP contribution in [0.1, 0.15) is 34.1 Å². The maximum Gasteiger partial charge on any atom is 0.329 e. The van der Waals surface area contributed by atoms with Gasteiger partial charge in [0.1, 0.15) is 4.83 Å². The van der Waals surface area contributed by atoms with E-state index in [1.165, 1.54) is 27.1 Å². The highest BCUT2D eigenvalue weighted by atomic mass is 32.1. The summed E-state index contributed by atoms with van der Waals surface area (Å²) in [4.78, 5) is 15.0. The minimum atomic E-state index is 0.0779. The zero-order valence-electron chi connectivity index (χ0n) is 13.9. The van der Waals surface area contributed by atoms with Gasteiger partial charge >= 0.3 is 5.69 Å². The van der Waals surface area contributed by atoms with Crippen LogP contribution < -0.4 is 5.69 Å². The molecule has 22 heavy (non-hydrogen) atoms. The van der Waals surface area contributed by atoms with E-state index in [0.29, 0.717) is 6.54 Å². The van der Waals surface area contributed by atoms with Gasteiger partial charge < -0.3 is 0 Å². The van der Waals surface area contributed by atoms with Crippen LogP contribution in [0, 0.1) is 20.8 Å². The van der Waals surface area contributed by atoms with E-state index in [4.69, 9.17) is 0 Å². The van der Waals surface area contributed by atoms with Crippen LogP contribution in [0.4, 0.5) is 0 Å². The average Bonchev–Trinajstić information content (AvgIpc) is 2.92. The normalized spacial score (nSPS) is 11.5. The molecule has 4 heteroatoms. The molecule has 3 nitrogen and oxygen atoms in total. The first-order chi connectivity index (χ1) is 10.4. The van der Waals surface area contributed by atoms with Gasteiger partial charge in [-0.05, 0) is 49.4 Å². The molecule has 2 heterocycles. The van der Waals surface area contributed by atoms with Gasteiger partial charge in [-0.2, -0.15) is 0 Å². The molecule has 116 valence electrons. The Labute approximate surface area is 134 Å². The molecule has 0 amide bonds. The summed E-state index contributed by atoms with van der Waals surface area (Å²) in [5, 5.41) is 0. The number of hydrogen-bond acceptors (Lipinski definition) is 2. The van der Waals surface area contributed by atoms with Crippen molar-refractivity contribution in [2.75, 3.05) is 0 Å². The topological polar surface area (TPSA) is 26.9 Å². The maximum atomic E-state index is 12.6. The lowest BCUT2D eigenvalue weighted by Gasteiger charge is -2.06. The molecule has 0 unspecified atom stereocenters. The molecule has 0 spiro atoms. The molecule has 0 aliphatic heterocycles. The molecule has 0 radical (unpaired) electrons. The van der Waals surface area contributed by atoms with Gasteiger partial charge in [-0.3, -0.25) is 9.13 Å². The first-order valence-electron chi connectivity index (χ1n) is 7.67. The number of benzene rings is 1. The summed E-state index contributed by atoms with van der Waals surface area (Å²) >= 11 is 1.73. The number of nitrogens with zero attached hydrogens (tertiary/aromatic N) is 2. The Morgan fingerprint density at radius 2 is 1.86 bits per heavy atom. The Morgan fingerprint density at radius 1 is 1.14 bits per heavy atom. The van der Waals surface area contributed by atoms with E-state index in [1.807, 2.05) is 11.6 Å². The fourth-order valence-electron chi connectivity index (χ4n) is 3.08.